The van der Waals surface area contributed by atoms with Crippen molar-refractivity contribution in [2.75, 3.05) is 31.1 Å². The van der Waals surface area contributed by atoms with Gasteiger partial charge >= 0.3 is 0 Å². The first-order chi connectivity index (χ1) is 17.7. The molecule has 0 unspecified atom stereocenters. The largest absolute Gasteiger partial charge is 0.336 e. The summed E-state index contributed by atoms with van der Waals surface area (Å²) in [5.74, 6) is 1.94. The molecule has 1 saturated carbocycles. The normalized spacial score (nSPS) is 17.0. The number of nitrogens with zero attached hydrogens (tertiary/aromatic N) is 6. The molecular weight excluding hydrogens is 472 g/mol. The van der Waals surface area contributed by atoms with Crippen molar-refractivity contribution in [3.8, 4) is 11.3 Å². The standard InChI is InChI=1S/C28H29ClN6O/c29-24-12-10-23(11-13-24)26(36)33-16-18-34(19-17-33)28-31-27-30-15-14-25(35(27)32-28)22-8-6-21(7-9-22)20-4-2-1-3-5-20/h6-15,20H,1-5,16-19H2. The molecule has 36 heavy (non-hydrogen) atoms. The average molecular weight is 501 g/mol. The Morgan fingerprint density at radius 1 is 0.861 bits per heavy atom. The van der Waals surface area contributed by atoms with Crippen LogP contribution in [0.2, 0.25) is 5.02 Å². The smallest absolute Gasteiger partial charge is 0.254 e. The summed E-state index contributed by atoms with van der Waals surface area (Å²) in [6.45, 7) is 2.56. The summed E-state index contributed by atoms with van der Waals surface area (Å²) in [6, 6.07) is 18.0. The molecule has 3 heterocycles. The van der Waals surface area contributed by atoms with Crippen molar-refractivity contribution >= 4 is 29.2 Å². The first kappa shape index (κ1) is 23.0. The lowest BCUT2D eigenvalue weighted by Gasteiger charge is -2.34. The molecule has 0 spiro atoms. The predicted molar refractivity (Wildman–Crippen MR) is 142 cm³/mol. The van der Waals surface area contributed by atoms with Gasteiger partial charge in [0.2, 0.25) is 5.95 Å². The zero-order valence-electron chi connectivity index (χ0n) is 20.2. The van der Waals surface area contributed by atoms with Gasteiger partial charge in [-0.05, 0) is 54.7 Å². The molecule has 2 fully saturated rings. The van der Waals surface area contributed by atoms with Crippen molar-refractivity contribution in [3.05, 3.63) is 76.9 Å². The SMILES string of the molecule is O=C(c1ccc(Cl)cc1)N1CCN(c2nc3nccc(-c4ccc(C5CCCCC5)cc4)n3n2)CC1. The Morgan fingerprint density at radius 2 is 1.58 bits per heavy atom. The number of fused-ring (bicyclic) bond motifs is 1. The monoisotopic (exact) mass is 500 g/mol. The maximum atomic E-state index is 12.8. The zero-order chi connectivity index (χ0) is 24.5. The van der Waals surface area contributed by atoms with Gasteiger partial charge in [-0.25, -0.2) is 4.98 Å². The third-order valence-electron chi connectivity index (χ3n) is 7.45. The minimum absolute atomic E-state index is 0.0231. The number of carbonyl (C=O) groups excluding carboxylic acids is 1. The Labute approximate surface area is 215 Å². The van der Waals surface area contributed by atoms with Gasteiger partial charge in [-0.1, -0.05) is 55.1 Å². The summed E-state index contributed by atoms with van der Waals surface area (Å²) in [5.41, 5.74) is 4.18. The van der Waals surface area contributed by atoms with Crippen LogP contribution >= 0.6 is 11.6 Å². The fourth-order valence-corrected chi connectivity index (χ4v) is 5.51. The zero-order valence-corrected chi connectivity index (χ0v) is 20.9. The molecule has 2 aromatic heterocycles. The molecule has 1 amide bonds. The molecule has 1 aliphatic carbocycles. The van der Waals surface area contributed by atoms with Crippen molar-refractivity contribution in [1.29, 1.82) is 0 Å². The van der Waals surface area contributed by atoms with Crippen LogP contribution in [0.3, 0.4) is 0 Å². The fourth-order valence-electron chi connectivity index (χ4n) is 5.38. The maximum Gasteiger partial charge on any atom is 0.254 e. The highest BCUT2D eigenvalue weighted by Gasteiger charge is 2.25. The Balaban J connectivity index is 1.18. The highest BCUT2D eigenvalue weighted by Crippen LogP contribution is 2.33. The summed E-state index contributed by atoms with van der Waals surface area (Å²) in [6.07, 6.45) is 8.42. The lowest BCUT2D eigenvalue weighted by atomic mass is 9.84. The minimum atomic E-state index is 0.0231. The van der Waals surface area contributed by atoms with Crippen molar-refractivity contribution in [1.82, 2.24) is 24.5 Å². The van der Waals surface area contributed by atoms with Crippen LogP contribution in [0, 0.1) is 0 Å². The van der Waals surface area contributed by atoms with E-state index < -0.39 is 0 Å². The Hall–Kier alpha value is -3.45. The van der Waals surface area contributed by atoms with E-state index in [9.17, 15) is 4.79 Å². The summed E-state index contributed by atoms with van der Waals surface area (Å²) in [4.78, 5) is 26.0. The summed E-state index contributed by atoms with van der Waals surface area (Å²) < 4.78 is 1.83. The number of rotatable bonds is 4. The molecule has 8 heteroatoms. The Bertz CT molecular complexity index is 1350. The van der Waals surface area contributed by atoms with Crippen LogP contribution in [0.4, 0.5) is 5.95 Å². The second-order valence-electron chi connectivity index (χ2n) is 9.70. The van der Waals surface area contributed by atoms with E-state index >= 15 is 0 Å². The van der Waals surface area contributed by atoms with Crippen molar-refractivity contribution in [3.63, 3.8) is 0 Å². The number of aromatic nitrogens is 4. The first-order valence-electron chi connectivity index (χ1n) is 12.8. The van der Waals surface area contributed by atoms with E-state index in [2.05, 4.69) is 34.1 Å². The number of benzene rings is 2. The van der Waals surface area contributed by atoms with E-state index in [1.54, 1.807) is 30.5 Å². The molecule has 2 aliphatic rings. The van der Waals surface area contributed by atoms with Gasteiger partial charge in [0.1, 0.15) is 0 Å². The van der Waals surface area contributed by atoms with Gasteiger partial charge in [0.15, 0.2) is 0 Å². The van der Waals surface area contributed by atoms with E-state index in [-0.39, 0.29) is 5.91 Å². The molecule has 184 valence electrons. The molecule has 6 rings (SSSR count). The van der Waals surface area contributed by atoms with E-state index in [0.29, 0.717) is 54.4 Å². The number of hydrogen-bond acceptors (Lipinski definition) is 5. The van der Waals surface area contributed by atoms with E-state index in [1.807, 2.05) is 15.5 Å². The average Bonchev–Trinajstić information content (AvgIpc) is 3.38. The van der Waals surface area contributed by atoms with Gasteiger partial charge in [0, 0.05) is 48.5 Å². The van der Waals surface area contributed by atoms with Crippen molar-refractivity contribution in [2.24, 2.45) is 0 Å². The van der Waals surface area contributed by atoms with Gasteiger partial charge < -0.3 is 9.80 Å². The van der Waals surface area contributed by atoms with Crippen LogP contribution in [0.25, 0.3) is 17.0 Å². The highest BCUT2D eigenvalue weighted by molar-refractivity contribution is 6.30. The van der Waals surface area contributed by atoms with Crippen LogP contribution in [-0.2, 0) is 0 Å². The Morgan fingerprint density at radius 3 is 2.31 bits per heavy atom. The van der Waals surface area contributed by atoms with Gasteiger partial charge in [-0.2, -0.15) is 9.50 Å². The van der Waals surface area contributed by atoms with Crippen molar-refractivity contribution < 1.29 is 4.79 Å². The molecule has 0 atom stereocenters. The molecule has 1 aliphatic heterocycles. The molecule has 7 nitrogen and oxygen atoms in total. The number of piperazine rings is 1. The third-order valence-corrected chi connectivity index (χ3v) is 7.71. The lowest BCUT2D eigenvalue weighted by molar-refractivity contribution is 0.0746. The van der Waals surface area contributed by atoms with E-state index in [4.69, 9.17) is 21.7 Å². The van der Waals surface area contributed by atoms with Gasteiger partial charge in [-0.3, -0.25) is 4.79 Å². The topological polar surface area (TPSA) is 66.6 Å². The van der Waals surface area contributed by atoms with Crippen LogP contribution < -0.4 is 4.90 Å². The molecule has 0 radical (unpaired) electrons. The number of anilines is 1. The summed E-state index contributed by atoms with van der Waals surface area (Å²) in [5, 5.41) is 5.44. The van der Waals surface area contributed by atoms with Crippen LogP contribution in [0.15, 0.2) is 60.8 Å². The van der Waals surface area contributed by atoms with Crippen LogP contribution in [0.1, 0.15) is 53.9 Å². The number of halogens is 1. The Kier molecular flexibility index (Phi) is 6.32. The lowest BCUT2D eigenvalue weighted by Crippen LogP contribution is -2.49. The van der Waals surface area contributed by atoms with E-state index in [1.165, 1.54) is 37.7 Å². The molecule has 2 aromatic carbocycles. The van der Waals surface area contributed by atoms with Crippen LogP contribution in [-0.4, -0.2) is 56.6 Å². The number of carbonyl (C=O) groups is 1. The van der Waals surface area contributed by atoms with Gasteiger partial charge in [0.05, 0.1) is 5.69 Å². The molecule has 1 saturated heterocycles. The third kappa shape index (κ3) is 4.55. The van der Waals surface area contributed by atoms with Crippen molar-refractivity contribution in [2.45, 2.75) is 38.0 Å². The fraction of sp³-hybridized carbons (Fsp3) is 0.357. The maximum absolute atomic E-state index is 12.8. The summed E-state index contributed by atoms with van der Waals surface area (Å²) in [7, 11) is 0. The second-order valence-corrected chi connectivity index (χ2v) is 10.1. The molecule has 0 bridgehead atoms. The number of hydrogen-bond donors (Lipinski definition) is 0. The molecule has 0 N–H and O–H groups in total. The van der Waals surface area contributed by atoms with Gasteiger partial charge in [0.25, 0.3) is 11.7 Å². The minimum Gasteiger partial charge on any atom is -0.336 e. The van der Waals surface area contributed by atoms with Gasteiger partial charge in [-0.15, -0.1) is 5.10 Å². The predicted octanol–water partition coefficient (Wildman–Crippen LogP) is 5.45. The van der Waals surface area contributed by atoms with E-state index in [0.717, 1.165) is 11.3 Å². The van der Waals surface area contributed by atoms with Crippen LogP contribution in [0.5, 0.6) is 0 Å². The number of amides is 1. The quantitative estimate of drug-likeness (QED) is 0.372. The molecular formula is C28H29ClN6O. The first-order valence-corrected chi connectivity index (χ1v) is 13.2. The highest BCUT2D eigenvalue weighted by atomic mass is 35.5. The summed E-state index contributed by atoms with van der Waals surface area (Å²) >= 11 is 5.96. The second kappa shape index (κ2) is 9.90. The molecule has 4 aromatic rings.